The molecule has 5 rings (SSSR count). The summed E-state index contributed by atoms with van der Waals surface area (Å²) in [6, 6.07) is 25.8. The van der Waals surface area contributed by atoms with Crippen LogP contribution < -0.4 is 4.74 Å². The highest BCUT2D eigenvalue weighted by Crippen LogP contribution is 2.38. The fourth-order valence-electron chi connectivity index (χ4n) is 4.05. The normalized spacial score (nSPS) is 14.4. The summed E-state index contributed by atoms with van der Waals surface area (Å²) in [6.45, 7) is 0.224. The number of hydrogen-bond acceptors (Lipinski definition) is 5. The molecule has 0 spiro atoms. The summed E-state index contributed by atoms with van der Waals surface area (Å²) in [5.41, 5.74) is 2.49. The average Bonchev–Trinajstić information content (AvgIpc) is 3.16. The molecule has 0 aliphatic carbocycles. The van der Waals surface area contributed by atoms with Crippen LogP contribution in [0.2, 0.25) is 10.0 Å². The van der Waals surface area contributed by atoms with Gasteiger partial charge in [-0.15, -0.1) is 0 Å². The number of nitrogens with zero attached hydrogens (tertiary/aromatic N) is 2. The van der Waals surface area contributed by atoms with Crippen molar-refractivity contribution in [1.29, 1.82) is 5.26 Å². The summed E-state index contributed by atoms with van der Waals surface area (Å²) in [6.07, 6.45) is 1.70. The van der Waals surface area contributed by atoms with E-state index >= 15 is 0 Å². The van der Waals surface area contributed by atoms with Gasteiger partial charge in [0.1, 0.15) is 12.4 Å². The van der Waals surface area contributed by atoms with Gasteiger partial charge < -0.3 is 4.74 Å². The third-order valence-corrected chi connectivity index (χ3v) is 7.44. The lowest BCUT2D eigenvalue weighted by Gasteiger charge is -2.14. The highest BCUT2D eigenvalue weighted by molar-refractivity contribution is 8.18. The van der Waals surface area contributed by atoms with Crippen LogP contribution in [0.15, 0.2) is 83.8 Å². The number of imide groups is 1. The van der Waals surface area contributed by atoms with Crippen molar-refractivity contribution in [1.82, 2.24) is 4.90 Å². The summed E-state index contributed by atoms with van der Waals surface area (Å²) >= 11 is 13.2. The summed E-state index contributed by atoms with van der Waals surface area (Å²) in [4.78, 5) is 27.5. The third kappa shape index (κ3) is 5.21. The van der Waals surface area contributed by atoms with Crippen molar-refractivity contribution in [2.75, 3.05) is 0 Å². The zero-order valence-corrected chi connectivity index (χ0v) is 21.6. The molecule has 182 valence electrons. The van der Waals surface area contributed by atoms with E-state index in [1.54, 1.807) is 48.5 Å². The van der Waals surface area contributed by atoms with Gasteiger partial charge in [-0.2, -0.15) is 5.26 Å². The van der Waals surface area contributed by atoms with E-state index < -0.39 is 5.91 Å². The summed E-state index contributed by atoms with van der Waals surface area (Å²) in [5, 5.41) is 11.9. The van der Waals surface area contributed by atoms with Crippen LogP contribution in [0.25, 0.3) is 16.8 Å². The summed E-state index contributed by atoms with van der Waals surface area (Å²) in [7, 11) is 0. The topological polar surface area (TPSA) is 70.4 Å². The van der Waals surface area contributed by atoms with Crippen LogP contribution in [0.5, 0.6) is 5.75 Å². The molecule has 1 heterocycles. The van der Waals surface area contributed by atoms with Crippen molar-refractivity contribution in [2.24, 2.45) is 0 Å². The first-order valence-corrected chi connectivity index (χ1v) is 12.8. The number of thioether (sulfide) groups is 1. The molecule has 4 aromatic carbocycles. The first-order chi connectivity index (χ1) is 17.9. The van der Waals surface area contributed by atoms with Crippen molar-refractivity contribution in [3.63, 3.8) is 0 Å². The van der Waals surface area contributed by atoms with E-state index in [0.717, 1.165) is 33.0 Å². The molecule has 0 aromatic heterocycles. The SMILES string of the molecule is N#Cc1ccccc1CN1C(=O)S/C(=C/c2c(OCc3ccc(Cl)cc3Cl)ccc3ccccc23)C1=O. The largest absolute Gasteiger partial charge is 0.488 e. The number of nitriles is 1. The number of benzene rings is 4. The molecule has 8 heteroatoms. The molecule has 0 saturated carbocycles. The van der Waals surface area contributed by atoms with Crippen LogP contribution >= 0.6 is 35.0 Å². The standard InChI is InChI=1S/C29H18Cl2N2O3S/c30-22-11-9-21(25(31)13-22)17-36-26-12-10-18-5-3-4-8-23(18)24(26)14-27-28(34)33(29(35)37-27)16-20-7-2-1-6-19(20)15-32/h1-14H,16-17H2/b27-14+. The molecule has 0 N–H and O–H groups in total. The molecule has 1 fully saturated rings. The second-order valence-electron chi connectivity index (χ2n) is 8.26. The summed E-state index contributed by atoms with van der Waals surface area (Å²) in [5.74, 6) is 0.133. The lowest BCUT2D eigenvalue weighted by molar-refractivity contribution is -0.123. The van der Waals surface area contributed by atoms with Crippen LogP contribution in [-0.4, -0.2) is 16.0 Å². The molecule has 0 unspecified atom stereocenters. The first kappa shape index (κ1) is 24.9. The lowest BCUT2D eigenvalue weighted by Crippen LogP contribution is -2.27. The smallest absolute Gasteiger partial charge is 0.293 e. The number of ether oxygens (including phenoxy) is 1. The monoisotopic (exact) mass is 544 g/mol. The molecule has 1 saturated heterocycles. The Balaban J connectivity index is 1.49. The number of carbonyl (C=O) groups is 2. The van der Waals surface area contributed by atoms with Gasteiger partial charge in [0.05, 0.1) is 23.1 Å². The van der Waals surface area contributed by atoms with Gasteiger partial charge in [0.2, 0.25) is 0 Å². The highest BCUT2D eigenvalue weighted by Gasteiger charge is 2.35. The van der Waals surface area contributed by atoms with Crippen LogP contribution in [0.3, 0.4) is 0 Å². The van der Waals surface area contributed by atoms with Crippen LogP contribution in [0.4, 0.5) is 4.79 Å². The minimum Gasteiger partial charge on any atom is -0.488 e. The second-order valence-corrected chi connectivity index (χ2v) is 10.1. The number of carbonyl (C=O) groups excluding carboxylic acids is 2. The van der Waals surface area contributed by atoms with E-state index in [2.05, 4.69) is 6.07 Å². The Morgan fingerprint density at radius 3 is 2.54 bits per heavy atom. The van der Waals surface area contributed by atoms with Crippen LogP contribution in [0, 0.1) is 11.3 Å². The number of amides is 2. The highest BCUT2D eigenvalue weighted by atomic mass is 35.5. The van der Waals surface area contributed by atoms with Crippen molar-refractivity contribution in [3.8, 4) is 11.8 Å². The van der Waals surface area contributed by atoms with Gasteiger partial charge in [-0.05, 0) is 58.4 Å². The van der Waals surface area contributed by atoms with Gasteiger partial charge in [-0.25, -0.2) is 0 Å². The Labute approximate surface area is 227 Å². The van der Waals surface area contributed by atoms with E-state index in [-0.39, 0.29) is 23.3 Å². The van der Waals surface area contributed by atoms with Crippen molar-refractivity contribution in [3.05, 3.63) is 116 Å². The van der Waals surface area contributed by atoms with Crippen LogP contribution in [0.1, 0.15) is 22.3 Å². The minimum absolute atomic E-state index is 0.0275. The maximum atomic E-state index is 13.3. The maximum Gasteiger partial charge on any atom is 0.293 e. The van der Waals surface area contributed by atoms with E-state index in [1.165, 1.54) is 0 Å². The zero-order valence-electron chi connectivity index (χ0n) is 19.3. The number of halogens is 2. The Morgan fingerprint density at radius 2 is 1.73 bits per heavy atom. The minimum atomic E-state index is -0.414. The number of rotatable bonds is 6. The van der Waals surface area contributed by atoms with Crippen molar-refractivity contribution < 1.29 is 14.3 Å². The third-order valence-electron chi connectivity index (χ3n) is 5.94. The Morgan fingerprint density at radius 1 is 0.946 bits per heavy atom. The lowest BCUT2D eigenvalue weighted by atomic mass is 10.0. The van der Waals surface area contributed by atoms with Gasteiger partial charge in [-0.3, -0.25) is 14.5 Å². The molecule has 0 radical (unpaired) electrons. The molecule has 4 aromatic rings. The molecular weight excluding hydrogens is 527 g/mol. The van der Waals surface area contributed by atoms with E-state index in [0.29, 0.717) is 32.5 Å². The molecule has 2 amide bonds. The Hall–Kier alpha value is -3.76. The quantitative estimate of drug-likeness (QED) is 0.231. The zero-order chi connectivity index (χ0) is 25.9. The molecule has 37 heavy (non-hydrogen) atoms. The van der Waals surface area contributed by atoms with Crippen LogP contribution in [-0.2, 0) is 17.9 Å². The van der Waals surface area contributed by atoms with Gasteiger partial charge in [0, 0.05) is 21.2 Å². The number of fused-ring (bicyclic) bond motifs is 1. The Kier molecular flexibility index (Phi) is 7.20. The van der Waals surface area contributed by atoms with Crippen molar-refractivity contribution in [2.45, 2.75) is 13.2 Å². The average molecular weight is 545 g/mol. The van der Waals surface area contributed by atoms with E-state index in [1.807, 2.05) is 36.4 Å². The maximum absolute atomic E-state index is 13.3. The predicted octanol–water partition coefficient (Wildman–Crippen LogP) is 7.83. The van der Waals surface area contributed by atoms with E-state index in [9.17, 15) is 14.9 Å². The molecule has 0 atom stereocenters. The molecule has 0 bridgehead atoms. The molecular formula is C29H18Cl2N2O3S. The van der Waals surface area contributed by atoms with Gasteiger partial charge in [0.15, 0.2) is 0 Å². The molecule has 1 aliphatic rings. The van der Waals surface area contributed by atoms with Crippen molar-refractivity contribution >= 4 is 63.0 Å². The fraction of sp³-hybridized carbons (Fsp3) is 0.0690. The van der Waals surface area contributed by atoms with Gasteiger partial charge in [0.25, 0.3) is 11.1 Å². The van der Waals surface area contributed by atoms with Gasteiger partial charge in [-0.1, -0.05) is 77.8 Å². The summed E-state index contributed by atoms with van der Waals surface area (Å²) < 4.78 is 6.15. The second kappa shape index (κ2) is 10.7. The predicted molar refractivity (Wildman–Crippen MR) is 147 cm³/mol. The molecule has 5 nitrogen and oxygen atoms in total. The first-order valence-electron chi connectivity index (χ1n) is 11.3. The molecule has 1 aliphatic heterocycles. The fourth-order valence-corrected chi connectivity index (χ4v) is 5.33. The number of hydrogen-bond donors (Lipinski definition) is 0. The van der Waals surface area contributed by atoms with E-state index in [4.69, 9.17) is 27.9 Å². The van der Waals surface area contributed by atoms with Gasteiger partial charge >= 0.3 is 0 Å². The Bertz CT molecular complexity index is 1630.